The number of Topliss-reactive ketones (excluding diaryl/α,β-unsaturated/α-hetero) is 1. The van der Waals surface area contributed by atoms with Gasteiger partial charge in [-0.25, -0.2) is 4.98 Å². The fraction of sp³-hybridized carbons (Fsp3) is 0.697. The predicted molar refractivity (Wildman–Crippen MR) is 155 cm³/mol. The number of benzene rings is 1. The van der Waals surface area contributed by atoms with Crippen LogP contribution in [-0.2, 0) is 9.53 Å². The van der Waals surface area contributed by atoms with Gasteiger partial charge in [-0.15, -0.1) is 0 Å². The van der Waals surface area contributed by atoms with Crippen LogP contribution >= 0.6 is 0 Å². The van der Waals surface area contributed by atoms with Crippen molar-refractivity contribution in [3.05, 3.63) is 40.3 Å². The Kier molecular flexibility index (Phi) is 7.86. The summed E-state index contributed by atoms with van der Waals surface area (Å²) in [6.45, 7) is 4.46. The van der Waals surface area contributed by atoms with Crippen LogP contribution in [0.3, 0.4) is 0 Å². The fourth-order valence-electron chi connectivity index (χ4n) is 9.07. The Balaban J connectivity index is 1.32. The van der Waals surface area contributed by atoms with Gasteiger partial charge in [0.25, 0.3) is 5.56 Å². The smallest absolute Gasteiger partial charge is 0.306 e. The number of nitrogens with zero attached hydrogens (tertiary/aromatic N) is 3. The van der Waals surface area contributed by atoms with Gasteiger partial charge in [0, 0.05) is 30.1 Å². The van der Waals surface area contributed by atoms with Crippen LogP contribution in [0.2, 0.25) is 0 Å². The molecule has 2 aliphatic heterocycles. The summed E-state index contributed by atoms with van der Waals surface area (Å²) < 4.78 is 6.89. The Labute approximate surface area is 237 Å². The van der Waals surface area contributed by atoms with Gasteiger partial charge in [0.05, 0.1) is 24.1 Å². The van der Waals surface area contributed by atoms with E-state index in [1.54, 1.807) is 6.92 Å². The molecule has 2 aromatic rings. The largest absolute Gasteiger partial charge is 0.466 e. The molecule has 2 saturated heterocycles. The standard InChI is InChI=1S/C33H45N3O4/c1-3-40-30(38)15-14-29(37)31-32(39)35(28-13-7-6-12-27(28)34-31)26-20-24-11-8-16-33(2,21-26)36(24)25-18-22-9-4-5-10-23(17-22)19-25/h6-7,12-13,22-26H,3-5,8-11,14-21H2,1-2H3/t22?,23?,24-,25?,26+,33+/m1/s1. The van der Waals surface area contributed by atoms with E-state index in [1.807, 2.05) is 28.8 Å². The molecule has 0 amide bonds. The van der Waals surface area contributed by atoms with Gasteiger partial charge in [-0.05, 0) is 82.8 Å². The number of carbonyl (C=O) groups is 2. The zero-order valence-corrected chi connectivity index (χ0v) is 24.3. The van der Waals surface area contributed by atoms with Crippen LogP contribution in [0.4, 0.5) is 0 Å². The van der Waals surface area contributed by atoms with Gasteiger partial charge in [0.15, 0.2) is 11.5 Å². The second kappa shape index (κ2) is 11.4. The van der Waals surface area contributed by atoms with Crippen molar-refractivity contribution in [3.63, 3.8) is 0 Å². The molecule has 0 spiro atoms. The summed E-state index contributed by atoms with van der Waals surface area (Å²) in [7, 11) is 0. The highest BCUT2D eigenvalue weighted by Gasteiger charge is 2.51. The molecule has 4 aliphatic rings. The molecule has 7 heteroatoms. The third-order valence-corrected chi connectivity index (χ3v) is 10.5. The van der Waals surface area contributed by atoms with Gasteiger partial charge in [0.1, 0.15) is 0 Å². The number of para-hydroxylation sites is 2. The van der Waals surface area contributed by atoms with Crippen molar-refractivity contribution in [2.45, 2.75) is 127 Å². The van der Waals surface area contributed by atoms with Crippen molar-refractivity contribution in [3.8, 4) is 0 Å². The van der Waals surface area contributed by atoms with E-state index in [1.165, 1.54) is 57.8 Å². The highest BCUT2D eigenvalue weighted by Crippen LogP contribution is 2.51. The molecule has 5 atom stereocenters. The summed E-state index contributed by atoms with van der Waals surface area (Å²) in [5.41, 5.74) is 1.16. The number of carbonyl (C=O) groups excluding carboxylic acids is 2. The molecule has 2 unspecified atom stereocenters. The van der Waals surface area contributed by atoms with Crippen molar-refractivity contribution in [1.29, 1.82) is 0 Å². The summed E-state index contributed by atoms with van der Waals surface area (Å²) in [5.74, 6) is 0.949. The molecule has 1 aromatic heterocycles. The Morgan fingerprint density at radius 3 is 2.42 bits per heavy atom. The van der Waals surface area contributed by atoms with Crippen molar-refractivity contribution in [1.82, 2.24) is 14.5 Å². The first-order chi connectivity index (χ1) is 19.4. The summed E-state index contributed by atoms with van der Waals surface area (Å²) in [6.07, 6.45) is 15.0. The van der Waals surface area contributed by atoms with Crippen molar-refractivity contribution in [2.24, 2.45) is 11.8 Å². The molecule has 4 bridgehead atoms. The quantitative estimate of drug-likeness (QED) is 0.302. The molecule has 0 N–H and O–H groups in total. The third-order valence-electron chi connectivity index (χ3n) is 10.5. The van der Waals surface area contributed by atoms with Crippen LogP contribution < -0.4 is 5.56 Å². The van der Waals surface area contributed by atoms with E-state index in [4.69, 9.17) is 4.74 Å². The van der Waals surface area contributed by atoms with Gasteiger partial charge in [-0.1, -0.05) is 44.2 Å². The molecule has 1 aromatic carbocycles. The van der Waals surface area contributed by atoms with E-state index in [0.29, 0.717) is 17.6 Å². The number of ketones is 1. The van der Waals surface area contributed by atoms with Gasteiger partial charge in [-0.3, -0.25) is 19.3 Å². The molecular weight excluding hydrogens is 502 g/mol. The highest BCUT2D eigenvalue weighted by molar-refractivity contribution is 5.97. The van der Waals surface area contributed by atoms with E-state index in [0.717, 1.165) is 36.6 Å². The maximum Gasteiger partial charge on any atom is 0.306 e. The Bertz CT molecular complexity index is 1310. The zero-order chi connectivity index (χ0) is 27.9. The average Bonchev–Trinajstić information content (AvgIpc) is 3.09. The molecule has 2 saturated carbocycles. The maximum atomic E-state index is 14.0. The van der Waals surface area contributed by atoms with Crippen LogP contribution in [0, 0.1) is 11.8 Å². The summed E-state index contributed by atoms with van der Waals surface area (Å²) >= 11 is 0. The normalized spacial score (nSPS) is 32.4. The number of ether oxygens (including phenoxy) is 1. The third kappa shape index (κ3) is 5.26. The monoisotopic (exact) mass is 547 g/mol. The molecule has 3 heterocycles. The number of fused-ring (bicyclic) bond motifs is 5. The van der Waals surface area contributed by atoms with Crippen LogP contribution in [0.1, 0.15) is 120 Å². The van der Waals surface area contributed by atoms with Crippen LogP contribution in [0.25, 0.3) is 11.0 Å². The van der Waals surface area contributed by atoms with Crippen LogP contribution in [-0.4, -0.2) is 50.4 Å². The number of rotatable bonds is 7. The Morgan fingerprint density at radius 1 is 0.950 bits per heavy atom. The Morgan fingerprint density at radius 2 is 1.70 bits per heavy atom. The number of aromatic nitrogens is 2. The van der Waals surface area contributed by atoms with Crippen molar-refractivity contribution < 1.29 is 14.3 Å². The van der Waals surface area contributed by atoms with E-state index < -0.39 is 5.97 Å². The lowest BCUT2D eigenvalue weighted by Crippen LogP contribution is -2.64. The minimum absolute atomic E-state index is 0.0226. The first kappa shape index (κ1) is 27.6. The maximum absolute atomic E-state index is 14.0. The molecule has 2 aliphatic carbocycles. The van der Waals surface area contributed by atoms with Gasteiger partial charge in [0.2, 0.25) is 0 Å². The van der Waals surface area contributed by atoms with Crippen LogP contribution in [0.15, 0.2) is 29.1 Å². The molecule has 4 fully saturated rings. The minimum atomic E-state index is -0.423. The van der Waals surface area contributed by atoms with Crippen molar-refractivity contribution in [2.75, 3.05) is 6.61 Å². The van der Waals surface area contributed by atoms with Gasteiger partial charge < -0.3 is 9.30 Å². The zero-order valence-electron chi connectivity index (χ0n) is 24.3. The summed E-state index contributed by atoms with van der Waals surface area (Å²) in [5, 5.41) is 0. The second-order valence-corrected chi connectivity index (χ2v) is 13.3. The predicted octanol–water partition coefficient (Wildman–Crippen LogP) is 6.23. The molecule has 216 valence electrons. The number of hydrogen-bond donors (Lipinski definition) is 0. The minimum Gasteiger partial charge on any atom is -0.466 e. The lowest BCUT2D eigenvalue weighted by atomic mass is 9.68. The van der Waals surface area contributed by atoms with E-state index >= 15 is 0 Å². The molecule has 40 heavy (non-hydrogen) atoms. The molecule has 6 rings (SSSR count). The molecular formula is C33H45N3O4. The first-order valence-electron chi connectivity index (χ1n) is 15.8. The summed E-state index contributed by atoms with van der Waals surface area (Å²) in [4.78, 5) is 46.6. The van der Waals surface area contributed by atoms with E-state index in [-0.39, 0.29) is 48.1 Å². The van der Waals surface area contributed by atoms with Crippen molar-refractivity contribution >= 4 is 22.8 Å². The molecule has 0 radical (unpaired) electrons. The van der Waals surface area contributed by atoms with E-state index in [2.05, 4.69) is 16.8 Å². The first-order valence-corrected chi connectivity index (χ1v) is 15.8. The second-order valence-electron chi connectivity index (χ2n) is 13.3. The Hall–Kier alpha value is -2.54. The lowest BCUT2D eigenvalue weighted by molar-refractivity contribution is -0.143. The molecule has 7 nitrogen and oxygen atoms in total. The fourth-order valence-corrected chi connectivity index (χ4v) is 9.07. The van der Waals surface area contributed by atoms with Gasteiger partial charge >= 0.3 is 5.97 Å². The number of hydrogen-bond acceptors (Lipinski definition) is 6. The van der Waals surface area contributed by atoms with Crippen LogP contribution in [0.5, 0.6) is 0 Å². The SMILES string of the molecule is CCOC(=O)CCC(=O)c1nc2ccccc2n([C@H]2C[C@H]3CCC[C@@](C)(C2)N3C2CC3CCCCC(C3)C2)c1=O. The summed E-state index contributed by atoms with van der Waals surface area (Å²) in [6, 6.07) is 8.84. The number of piperidine rings is 2. The topological polar surface area (TPSA) is 81.5 Å². The lowest BCUT2D eigenvalue weighted by Gasteiger charge is -2.60. The average molecular weight is 548 g/mol. The highest BCUT2D eigenvalue weighted by atomic mass is 16.5. The van der Waals surface area contributed by atoms with E-state index in [9.17, 15) is 14.4 Å². The number of esters is 1. The van der Waals surface area contributed by atoms with Gasteiger partial charge in [-0.2, -0.15) is 0 Å².